The zero-order valence-corrected chi connectivity index (χ0v) is 4.83. The summed E-state index contributed by atoms with van der Waals surface area (Å²) in [6.45, 7) is 0. The summed E-state index contributed by atoms with van der Waals surface area (Å²) in [5.41, 5.74) is 0.688. The Balaban J connectivity index is 0.000000640. The molecular formula is C7H7NO. The van der Waals surface area contributed by atoms with E-state index in [0.29, 0.717) is 5.69 Å². The summed E-state index contributed by atoms with van der Waals surface area (Å²) in [5.74, 6) is 2.42. The Hall–Kier alpha value is -1.33. The molecule has 1 aromatic heterocycles. The molecular weight excluding hydrogens is 114 g/mol. The molecule has 1 rings (SSSR count). The molecule has 0 radical (unpaired) electrons. The zero-order valence-electron chi connectivity index (χ0n) is 4.83. The van der Waals surface area contributed by atoms with Gasteiger partial charge in [-0.15, -0.1) is 6.42 Å². The lowest BCUT2D eigenvalue weighted by Crippen LogP contribution is -1.75. The standard InChI is InChI=1S/C7H5N.H2O/c1-2-7-5-3-4-6-8-7;/h1,3-6H;1H2. The van der Waals surface area contributed by atoms with Gasteiger partial charge in [-0.25, -0.2) is 4.98 Å². The predicted octanol–water partition coefficient (Wildman–Crippen LogP) is 0.238. The largest absolute Gasteiger partial charge is 0.412 e. The number of aromatic nitrogens is 1. The van der Waals surface area contributed by atoms with Gasteiger partial charge in [-0.05, 0) is 12.1 Å². The van der Waals surface area contributed by atoms with Crippen molar-refractivity contribution in [2.75, 3.05) is 0 Å². The Morgan fingerprint density at radius 3 is 2.56 bits per heavy atom. The van der Waals surface area contributed by atoms with Gasteiger partial charge in [0.05, 0.1) is 0 Å². The van der Waals surface area contributed by atoms with Gasteiger partial charge in [-0.1, -0.05) is 12.0 Å². The maximum Gasteiger partial charge on any atom is 0.112 e. The van der Waals surface area contributed by atoms with Crippen LogP contribution in [0.25, 0.3) is 0 Å². The van der Waals surface area contributed by atoms with E-state index in [1.54, 1.807) is 12.3 Å². The van der Waals surface area contributed by atoms with E-state index in [4.69, 9.17) is 6.42 Å². The minimum atomic E-state index is 0. The van der Waals surface area contributed by atoms with Crippen LogP contribution in [0.15, 0.2) is 24.4 Å². The SMILES string of the molecule is C#Cc1ccccn1.O. The third-order valence-electron chi connectivity index (χ3n) is 0.813. The van der Waals surface area contributed by atoms with Crippen molar-refractivity contribution in [3.05, 3.63) is 30.1 Å². The molecule has 2 nitrogen and oxygen atoms in total. The van der Waals surface area contributed by atoms with Crippen molar-refractivity contribution in [1.29, 1.82) is 0 Å². The van der Waals surface area contributed by atoms with E-state index >= 15 is 0 Å². The highest BCUT2D eigenvalue weighted by Crippen LogP contribution is 1.86. The Morgan fingerprint density at radius 2 is 2.22 bits per heavy atom. The first-order chi connectivity index (χ1) is 3.93. The van der Waals surface area contributed by atoms with Gasteiger partial charge in [-0.2, -0.15) is 0 Å². The van der Waals surface area contributed by atoms with Crippen LogP contribution < -0.4 is 0 Å². The van der Waals surface area contributed by atoms with Crippen LogP contribution in [0.5, 0.6) is 0 Å². The fourth-order valence-corrected chi connectivity index (χ4v) is 0.448. The minimum Gasteiger partial charge on any atom is -0.412 e. The minimum absolute atomic E-state index is 0. The Kier molecular flexibility index (Phi) is 3.11. The molecule has 0 saturated carbocycles. The summed E-state index contributed by atoms with van der Waals surface area (Å²) >= 11 is 0. The first-order valence-corrected chi connectivity index (χ1v) is 2.31. The molecule has 2 N–H and O–H groups in total. The summed E-state index contributed by atoms with van der Waals surface area (Å²) in [4.78, 5) is 3.86. The van der Waals surface area contributed by atoms with Crippen LogP contribution >= 0.6 is 0 Å². The molecule has 0 spiro atoms. The van der Waals surface area contributed by atoms with Gasteiger partial charge in [-0.3, -0.25) is 0 Å². The molecule has 0 atom stereocenters. The number of pyridine rings is 1. The Bertz CT molecular complexity index is 200. The molecule has 0 amide bonds. The van der Waals surface area contributed by atoms with Crippen molar-refractivity contribution in [2.24, 2.45) is 0 Å². The van der Waals surface area contributed by atoms with Crippen LogP contribution in [0.2, 0.25) is 0 Å². The smallest absolute Gasteiger partial charge is 0.112 e. The average molecular weight is 121 g/mol. The Labute approximate surface area is 53.9 Å². The number of rotatable bonds is 0. The normalized spacial score (nSPS) is 7.00. The fraction of sp³-hybridized carbons (Fsp3) is 0. The lowest BCUT2D eigenvalue weighted by Gasteiger charge is -1.81. The molecule has 1 heterocycles. The van der Waals surface area contributed by atoms with E-state index in [-0.39, 0.29) is 5.48 Å². The van der Waals surface area contributed by atoms with Crippen LogP contribution in [-0.2, 0) is 0 Å². The van der Waals surface area contributed by atoms with Crippen molar-refractivity contribution in [1.82, 2.24) is 4.98 Å². The molecule has 0 aliphatic carbocycles. The van der Waals surface area contributed by atoms with Crippen molar-refractivity contribution in [2.45, 2.75) is 0 Å². The van der Waals surface area contributed by atoms with Crippen LogP contribution in [0.1, 0.15) is 5.69 Å². The van der Waals surface area contributed by atoms with E-state index in [1.807, 2.05) is 12.1 Å². The fourth-order valence-electron chi connectivity index (χ4n) is 0.448. The highest BCUT2D eigenvalue weighted by Gasteiger charge is 1.78. The van der Waals surface area contributed by atoms with Crippen LogP contribution in [0.4, 0.5) is 0 Å². The summed E-state index contributed by atoms with van der Waals surface area (Å²) in [6.07, 6.45) is 6.71. The van der Waals surface area contributed by atoms with E-state index in [1.165, 1.54) is 0 Å². The average Bonchev–Trinajstić information content (AvgIpc) is 1.90. The van der Waals surface area contributed by atoms with Gasteiger partial charge in [0.2, 0.25) is 0 Å². The highest BCUT2D eigenvalue weighted by molar-refractivity contribution is 5.22. The number of hydrogen-bond acceptors (Lipinski definition) is 1. The second kappa shape index (κ2) is 3.65. The summed E-state index contributed by atoms with van der Waals surface area (Å²) in [6, 6.07) is 5.49. The number of hydrogen-bond donors (Lipinski definition) is 0. The van der Waals surface area contributed by atoms with Crippen molar-refractivity contribution in [3.63, 3.8) is 0 Å². The first-order valence-electron chi connectivity index (χ1n) is 2.31. The monoisotopic (exact) mass is 121 g/mol. The van der Waals surface area contributed by atoms with E-state index in [2.05, 4.69) is 10.9 Å². The van der Waals surface area contributed by atoms with Crippen LogP contribution in [-0.4, -0.2) is 10.5 Å². The molecule has 0 aliphatic rings. The molecule has 9 heavy (non-hydrogen) atoms. The molecule has 0 saturated heterocycles. The molecule has 46 valence electrons. The first kappa shape index (κ1) is 7.67. The number of terminal acetylenes is 1. The molecule has 2 heteroatoms. The van der Waals surface area contributed by atoms with E-state index in [9.17, 15) is 0 Å². The second-order valence-corrected chi connectivity index (χ2v) is 1.36. The molecule has 0 unspecified atom stereocenters. The third-order valence-corrected chi connectivity index (χ3v) is 0.813. The zero-order chi connectivity index (χ0) is 5.82. The lowest BCUT2D eigenvalue weighted by atomic mass is 10.4. The van der Waals surface area contributed by atoms with Gasteiger partial charge in [0.25, 0.3) is 0 Å². The maximum atomic E-state index is 5.04. The summed E-state index contributed by atoms with van der Waals surface area (Å²) in [7, 11) is 0. The Morgan fingerprint density at radius 1 is 1.44 bits per heavy atom. The summed E-state index contributed by atoms with van der Waals surface area (Å²) < 4.78 is 0. The number of nitrogens with zero attached hydrogens (tertiary/aromatic N) is 1. The van der Waals surface area contributed by atoms with Gasteiger partial charge >= 0.3 is 0 Å². The van der Waals surface area contributed by atoms with Crippen LogP contribution in [0, 0.1) is 12.3 Å². The molecule has 0 aliphatic heterocycles. The predicted molar refractivity (Wildman–Crippen MR) is 35.8 cm³/mol. The molecule has 0 bridgehead atoms. The van der Waals surface area contributed by atoms with Crippen molar-refractivity contribution < 1.29 is 5.48 Å². The quantitative estimate of drug-likeness (QED) is 0.453. The van der Waals surface area contributed by atoms with E-state index in [0.717, 1.165) is 0 Å². The van der Waals surface area contributed by atoms with Gasteiger partial charge in [0.1, 0.15) is 5.69 Å². The highest BCUT2D eigenvalue weighted by atomic mass is 16.0. The van der Waals surface area contributed by atoms with Gasteiger partial charge < -0.3 is 5.48 Å². The van der Waals surface area contributed by atoms with Gasteiger partial charge in [0.15, 0.2) is 0 Å². The van der Waals surface area contributed by atoms with E-state index < -0.39 is 0 Å². The van der Waals surface area contributed by atoms with Crippen LogP contribution in [0.3, 0.4) is 0 Å². The second-order valence-electron chi connectivity index (χ2n) is 1.36. The molecule has 1 aromatic rings. The van der Waals surface area contributed by atoms with Crippen molar-refractivity contribution >= 4 is 0 Å². The topological polar surface area (TPSA) is 44.4 Å². The maximum absolute atomic E-state index is 5.04. The third kappa shape index (κ3) is 1.94. The summed E-state index contributed by atoms with van der Waals surface area (Å²) in [5, 5.41) is 0. The van der Waals surface area contributed by atoms with Gasteiger partial charge in [0, 0.05) is 6.20 Å². The van der Waals surface area contributed by atoms with Crippen molar-refractivity contribution in [3.8, 4) is 12.3 Å². The lowest BCUT2D eigenvalue weighted by molar-refractivity contribution is 0.824. The molecule has 0 aromatic carbocycles. The molecule has 0 fully saturated rings.